The Labute approximate surface area is 126 Å². The molecule has 0 spiro atoms. The van der Waals surface area contributed by atoms with Gasteiger partial charge in [-0.05, 0) is 54.5 Å². The van der Waals surface area contributed by atoms with E-state index in [1.54, 1.807) is 6.26 Å². The third kappa shape index (κ3) is 4.08. The summed E-state index contributed by atoms with van der Waals surface area (Å²) < 4.78 is 6.31. The van der Waals surface area contributed by atoms with E-state index in [0.29, 0.717) is 11.7 Å². The van der Waals surface area contributed by atoms with E-state index in [1.807, 2.05) is 24.3 Å². The number of nitrogens with one attached hydrogen (secondary N) is 2. The molecule has 2 aromatic rings. The molecule has 2 rings (SSSR count). The Bertz CT molecular complexity index is 555. The number of furan rings is 1. The normalized spacial score (nSPS) is 10.2. The van der Waals surface area contributed by atoms with E-state index in [2.05, 4.69) is 39.6 Å². The van der Waals surface area contributed by atoms with Gasteiger partial charge in [0.25, 0.3) is 0 Å². The Kier molecular flexibility index (Phi) is 4.99. The quantitative estimate of drug-likeness (QED) is 0.823. The molecule has 0 aliphatic carbocycles. The second kappa shape index (κ2) is 6.73. The second-order valence-corrected chi connectivity index (χ2v) is 5.37. The Morgan fingerprint density at radius 3 is 2.89 bits per heavy atom. The summed E-state index contributed by atoms with van der Waals surface area (Å²) in [5.74, 6) is 0.857. The lowest BCUT2D eigenvalue weighted by molar-refractivity contribution is 0.503. The van der Waals surface area contributed by atoms with Crippen molar-refractivity contribution in [2.45, 2.75) is 19.9 Å². The van der Waals surface area contributed by atoms with Gasteiger partial charge in [0.2, 0.25) is 0 Å². The molecule has 0 saturated heterocycles. The van der Waals surface area contributed by atoms with E-state index < -0.39 is 0 Å². The number of aryl methyl sites for hydroxylation is 1. The largest absolute Gasteiger partial charge is 0.467 e. The zero-order chi connectivity index (χ0) is 13.7. The molecule has 0 aliphatic rings. The minimum absolute atomic E-state index is 0.580. The number of anilines is 1. The Morgan fingerprint density at radius 1 is 1.37 bits per heavy atom. The highest BCUT2D eigenvalue weighted by Crippen LogP contribution is 2.21. The number of halogens is 1. The van der Waals surface area contributed by atoms with Crippen molar-refractivity contribution in [1.82, 2.24) is 5.32 Å². The molecule has 0 radical (unpaired) electrons. The number of rotatable bonds is 4. The van der Waals surface area contributed by atoms with Gasteiger partial charge in [0, 0.05) is 10.2 Å². The SMILES string of the molecule is CCc1cc(Br)ccc1NC(=S)NCc1ccco1. The number of hydrogen-bond donors (Lipinski definition) is 2. The van der Waals surface area contributed by atoms with Crippen LogP contribution in [0.25, 0.3) is 0 Å². The lowest BCUT2D eigenvalue weighted by Gasteiger charge is -2.13. The van der Waals surface area contributed by atoms with E-state index in [1.165, 1.54) is 5.56 Å². The maximum atomic E-state index is 5.27. The Balaban J connectivity index is 1.95. The van der Waals surface area contributed by atoms with E-state index in [4.69, 9.17) is 16.6 Å². The molecule has 1 aromatic heterocycles. The molecule has 0 aliphatic heterocycles. The summed E-state index contributed by atoms with van der Waals surface area (Å²) in [4.78, 5) is 0. The first-order chi connectivity index (χ1) is 9.19. The van der Waals surface area contributed by atoms with Crippen LogP contribution in [0.15, 0.2) is 45.5 Å². The summed E-state index contributed by atoms with van der Waals surface area (Å²) in [6.07, 6.45) is 2.60. The van der Waals surface area contributed by atoms with Crippen LogP contribution >= 0.6 is 28.1 Å². The van der Waals surface area contributed by atoms with Crippen molar-refractivity contribution in [2.24, 2.45) is 0 Å². The van der Waals surface area contributed by atoms with Gasteiger partial charge in [0.15, 0.2) is 5.11 Å². The number of thiocarbonyl (C=S) groups is 1. The van der Waals surface area contributed by atoms with Gasteiger partial charge in [0.05, 0.1) is 12.8 Å². The van der Waals surface area contributed by atoms with Crippen molar-refractivity contribution in [3.8, 4) is 0 Å². The molecule has 0 unspecified atom stereocenters. The van der Waals surface area contributed by atoms with Gasteiger partial charge in [-0.3, -0.25) is 0 Å². The molecule has 0 amide bonds. The summed E-state index contributed by atoms with van der Waals surface area (Å²) in [7, 11) is 0. The zero-order valence-corrected chi connectivity index (χ0v) is 13.0. The van der Waals surface area contributed by atoms with Crippen LogP contribution in [0, 0.1) is 0 Å². The predicted octanol–water partition coefficient (Wildman–Crippen LogP) is 4.09. The molecular formula is C14H15BrN2OS. The fraction of sp³-hybridized carbons (Fsp3) is 0.214. The predicted molar refractivity (Wildman–Crippen MR) is 85.3 cm³/mol. The second-order valence-electron chi connectivity index (χ2n) is 4.04. The molecule has 100 valence electrons. The van der Waals surface area contributed by atoms with Gasteiger partial charge >= 0.3 is 0 Å². The molecule has 0 bridgehead atoms. The monoisotopic (exact) mass is 338 g/mol. The minimum Gasteiger partial charge on any atom is -0.467 e. The fourth-order valence-electron chi connectivity index (χ4n) is 1.72. The molecule has 3 nitrogen and oxygen atoms in total. The van der Waals surface area contributed by atoms with Crippen molar-refractivity contribution < 1.29 is 4.42 Å². The third-order valence-corrected chi connectivity index (χ3v) is 3.44. The molecule has 1 heterocycles. The molecule has 5 heteroatoms. The van der Waals surface area contributed by atoms with Gasteiger partial charge in [-0.1, -0.05) is 22.9 Å². The van der Waals surface area contributed by atoms with Crippen LogP contribution in [-0.2, 0) is 13.0 Å². The van der Waals surface area contributed by atoms with Crippen LogP contribution in [0.1, 0.15) is 18.2 Å². The first kappa shape index (κ1) is 14.1. The first-order valence-electron chi connectivity index (χ1n) is 6.04. The van der Waals surface area contributed by atoms with Crippen LogP contribution in [0.5, 0.6) is 0 Å². The van der Waals surface area contributed by atoms with Crippen molar-refractivity contribution in [3.05, 3.63) is 52.4 Å². The van der Waals surface area contributed by atoms with E-state index in [0.717, 1.165) is 22.3 Å². The summed E-state index contributed by atoms with van der Waals surface area (Å²) in [5.41, 5.74) is 2.25. The van der Waals surface area contributed by atoms with Crippen molar-refractivity contribution in [2.75, 3.05) is 5.32 Å². The summed E-state index contributed by atoms with van der Waals surface area (Å²) >= 11 is 8.75. The van der Waals surface area contributed by atoms with Crippen LogP contribution in [-0.4, -0.2) is 5.11 Å². The van der Waals surface area contributed by atoms with Crippen LogP contribution in [0.3, 0.4) is 0 Å². The van der Waals surface area contributed by atoms with E-state index in [9.17, 15) is 0 Å². The Hall–Kier alpha value is -1.33. The molecule has 2 N–H and O–H groups in total. The van der Waals surface area contributed by atoms with Crippen LogP contribution in [0.4, 0.5) is 5.69 Å². The molecule has 1 aromatic carbocycles. The van der Waals surface area contributed by atoms with Gasteiger partial charge < -0.3 is 15.1 Å². The van der Waals surface area contributed by atoms with Gasteiger partial charge in [-0.25, -0.2) is 0 Å². The van der Waals surface area contributed by atoms with Gasteiger partial charge in [0.1, 0.15) is 5.76 Å². The zero-order valence-electron chi connectivity index (χ0n) is 10.6. The lowest BCUT2D eigenvalue weighted by atomic mass is 10.1. The van der Waals surface area contributed by atoms with E-state index in [-0.39, 0.29) is 0 Å². The Morgan fingerprint density at radius 2 is 2.21 bits per heavy atom. The first-order valence-corrected chi connectivity index (χ1v) is 7.25. The highest BCUT2D eigenvalue weighted by Gasteiger charge is 2.04. The van der Waals surface area contributed by atoms with Crippen molar-refractivity contribution in [3.63, 3.8) is 0 Å². The highest BCUT2D eigenvalue weighted by molar-refractivity contribution is 9.10. The molecule has 0 fully saturated rings. The molecule has 0 saturated carbocycles. The standard InChI is InChI=1S/C14H15BrN2OS/c1-2-10-8-11(15)5-6-13(10)17-14(19)16-9-12-4-3-7-18-12/h3-8H,2,9H2,1H3,(H2,16,17,19). The fourth-order valence-corrected chi connectivity index (χ4v) is 2.31. The molecule has 0 atom stereocenters. The number of benzene rings is 1. The van der Waals surface area contributed by atoms with Crippen LogP contribution < -0.4 is 10.6 Å². The summed E-state index contributed by atoms with van der Waals surface area (Å²) in [6.45, 7) is 2.70. The van der Waals surface area contributed by atoms with Crippen molar-refractivity contribution in [1.29, 1.82) is 0 Å². The van der Waals surface area contributed by atoms with E-state index >= 15 is 0 Å². The summed E-state index contributed by atoms with van der Waals surface area (Å²) in [5, 5.41) is 6.91. The van der Waals surface area contributed by atoms with Gasteiger partial charge in [-0.2, -0.15) is 0 Å². The smallest absolute Gasteiger partial charge is 0.171 e. The highest BCUT2D eigenvalue weighted by atomic mass is 79.9. The maximum Gasteiger partial charge on any atom is 0.171 e. The molecule has 19 heavy (non-hydrogen) atoms. The molecular weight excluding hydrogens is 324 g/mol. The average molecular weight is 339 g/mol. The van der Waals surface area contributed by atoms with Gasteiger partial charge in [-0.15, -0.1) is 0 Å². The average Bonchev–Trinajstić information content (AvgIpc) is 2.91. The lowest BCUT2D eigenvalue weighted by Crippen LogP contribution is -2.28. The summed E-state index contributed by atoms with van der Waals surface area (Å²) in [6, 6.07) is 9.88. The minimum atomic E-state index is 0.580. The topological polar surface area (TPSA) is 37.2 Å². The maximum absolute atomic E-state index is 5.27. The third-order valence-electron chi connectivity index (χ3n) is 2.70. The van der Waals surface area contributed by atoms with Crippen LogP contribution in [0.2, 0.25) is 0 Å². The number of hydrogen-bond acceptors (Lipinski definition) is 2. The van der Waals surface area contributed by atoms with Crippen molar-refractivity contribution >= 4 is 38.9 Å².